The van der Waals surface area contributed by atoms with E-state index >= 15 is 0 Å². The Morgan fingerprint density at radius 2 is 2.20 bits per heavy atom. The monoisotopic (exact) mass is 196 g/mol. The highest BCUT2D eigenvalue weighted by molar-refractivity contribution is 5.76. The zero-order valence-corrected chi connectivity index (χ0v) is 9.33. The highest BCUT2D eigenvalue weighted by Crippen LogP contribution is 2.57. The van der Waals surface area contributed by atoms with Crippen molar-refractivity contribution in [3.8, 4) is 0 Å². The second-order valence-electron chi connectivity index (χ2n) is 5.14. The molecule has 0 radical (unpaired) electrons. The Kier molecular flexibility index (Phi) is 1.70. The molecule has 2 atom stereocenters. The van der Waals surface area contributed by atoms with Crippen LogP contribution >= 0.6 is 0 Å². The molecule has 1 fully saturated rings. The number of rotatable bonds is 1. The molecule has 0 heterocycles. The van der Waals surface area contributed by atoms with E-state index in [0.717, 1.165) is 5.92 Å². The first kappa shape index (κ1) is 8.96. The van der Waals surface area contributed by atoms with Gasteiger partial charge in [-0.15, -0.1) is 0 Å². The molecule has 1 aromatic carbocycles. The van der Waals surface area contributed by atoms with E-state index in [1.165, 1.54) is 23.1 Å². The number of allylic oxidation sites excluding steroid dienone is 4. The number of hydrogen-bond donors (Lipinski definition) is 0. The fourth-order valence-electron chi connectivity index (χ4n) is 2.43. The topological polar surface area (TPSA) is 0 Å². The molecule has 0 nitrogen and oxygen atoms in total. The summed E-state index contributed by atoms with van der Waals surface area (Å²) in [5.74, 6) is 0.790. The lowest BCUT2D eigenvalue weighted by molar-refractivity contribution is 0.692. The first-order chi connectivity index (χ1) is 7.17. The van der Waals surface area contributed by atoms with E-state index in [-0.39, 0.29) is 0 Å². The normalized spacial score (nSPS) is 32.1. The number of hydrogen-bond acceptors (Lipinski definition) is 0. The Balaban J connectivity index is 1.97. The summed E-state index contributed by atoms with van der Waals surface area (Å²) in [7, 11) is 0. The molecule has 1 saturated carbocycles. The second-order valence-corrected chi connectivity index (χ2v) is 5.14. The van der Waals surface area contributed by atoms with Crippen molar-refractivity contribution in [1.29, 1.82) is 0 Å². The van der Waals surface area contributed by atoms with Gasteiger partial charge in [0.2, 0.25) is 0 Å². The van der Waals surface area contributed by atoms with Crippen LogP contribution in [0, 0.1) is 18.3 Å². The van der Waals surface area contributed by atoms with Crippen molar-refractivity contribution >= 4 is 5.57 Å². The second kappa shape index (κ2) is 2.85. The number of aryl methyl sites for hydroxylation is 1. The number of fused-ring (bicyclic) bond motifs is 1. The highest BCUT2D eigenvalue weighted by Gasteiger charge is 2.47. The zero-order valence-electron chi connectivity index (χ0n) is 9.33. The number of benzene rings is 1. The molecule has 0 saturated heterocycles. The third-order valence-electron chi connectivity index (χ3n) is 3.72. The van der Waals surface area contributed by atoms with Crippen molar-refractivity contribution in [1.82, 2.24) is 0 Å². The maximum atomic E-state index is 2.44. The molecule has 76 valence electrons. The first-order valence-corrected chi connectivity index (χ1v) is 5.65. The lowest BCUT2D eigenvalue weighted by atomic mass is 9.93. The largest absolute Gasteiger partial charge is 0.0774 e. The predicted molar refractivity (Wildman–Crippen MR) is 64.5 cm³/mol. The van der Waals surface area contributed by atoms with Crippen molar-refractivity contribution in [2.24, 2.45) is 11.3 Å². The summed E-state index contributed by atoms with van der Waals surface area (Å²) in [5, 5.41) is 0. The SMILES string of the molecule is Cc1cccc(C2=CC3CC3(C)C=C2)c1. The maximum Gasteiger partial charge on any atom is -0.00739 e. The van der Waals surface area contributed by atoms with Gasteiger partial charge < -0.3 is 0 Å². The van der Waals surface area contributed by atoms with E-state index in [4.69, 9.17) is 0 Å². The Hall–Kier alpha value is -1.30. The lowest BCUT2D eigenvalue weighted by Gasteiger charge is -2.11. The van der Waals surface area contributed by atoms with Crippen LogP contribution in [0.15, 0.2) is 42.5 Å². The van der Waals surface area contributed by atoms with Gasteiger partial charge in [-0.3, -0.25) is 0 Å². The van der Waals surface area contributed by atoms with E-state index < -0.39 is 0 Å². The summed E-state index contributed by atoms with van der Waals surface area (Å²) in [5.41, 5.74) is 4.60. The fourth-order valence-corrected chi connectivity index (χ4v) is 2.43. The molecule has 2 aliphatic carbocycles. The van der Waals surface area contributed by atoms with Crippen LogP contribution in [0.4, 0.5) is 0 Å². The Morgan fingerprint density at radius 3 is 2.93 bits per heavy atom. The van der Waals surface area contributed by atoms with Crippen LogP contribution in [-0.4, -0.2) is 0 Å². The molecule has 0 amide bonds. The average Bonchev–Trinajstić information content (AvgIpc) is 2.88. The smallest absolute Gasteiger partial charge is 0.00739 e. The van der Waals surface area contributed by atoms with Crippen molar-refractivity contribution in [3.63, 3.8) is 0 Å². The van der Waals surface area contributed by atoms with Gasteiger partial charge in [0, 0.05) is 0 Å². The van der Waals surface area contributed by atoms with Gasteiger partial charge >= 0.3 is 0 Å². The molecule has 0 aromatic heterocycles. The summed E-state index contributed by atoms with van der Waals surface area (Å²) in [4.78, 5) is 0. The summed E-state index contributed by atoms with van der Waals surface area (Å²) >= 11 is 0. The van der Waals surface area contributed by atoms with Crippen LogP contribution in [0.25, 0.3) is 5.57 Å². The van der Waals surface area contributed by atoms with Crippen molar-refractivity contribution in [2.45, 2.75) is 20.3 Å². The van der Waals surface area contributed by atoms with Gasteiger partial charge in [0.1, 0.15) is 0 Å². The van der Waals surface area contributed by atoms with Gasteiger partial charge in [0.05, 0.1) is 0 Å². The van der Waals surface area contributed by atoms with Gasteiger partial charge in [-0.05, 0) is 35.8 Å². The molecule has 3 rings (SSSR count). The van der Waals surface area contributed by atoms with Gasteiger partial charge in [-0.1, -0.05) is 55.0 Å². The Bertz CT molecular complexity index is 465. The molecule has 0 spiro atoms. The molecule has 0 heteroatoms. The van der Waals surface area contributed by atoms with Gasteiger partial charge in [0.15, 0.2) is 0 Å². The minimum atomic E-state index is 0.493. The van der Waals surface area contributed by atoms with Crippen molar-refractivity contribution in [2.75, 3.05) is 0 Å². The molecule has 0 bridgehead atoms. The molecule has 1 aromatic rings. The molecule has 0 N–H and O–H groups in total. The van der Waals surface area contributed by atoms with Crippen LogP contribution in [0.1, 0.15) is 24.5 Å². The first-order valence-electron chi connectivity index (χ1n) is 5.65. The van der Waals surface area contributed by atoms with Crippen LogP contribution in [0.5, 0.6) is 0 Å². The summed E-state index contributed by atoms with van der Waals surface area (Å²) < 4.78 is 0. The fraction of sp³-hybridized carbons (Fsp3) is 0.333. The summed E-state index contributed by atoms with van der Waals surface area (Å²) in [6, 6.07) is 8.76. The quantitative estimate of drug-likeness (QED) is 0.637. The summed E-state index contributed by atoms with van der Waals surface area (Å²) in [6.45, 7) is 4.50. The molecule has 2 aliphatic rings. The van der Waals surface area contributed by atoms with E-state index in [9.17, 15) is 0 Å². The van der Waals surface area contributed by atoms with Crippen molar-refractivity contribution < 1.29 is 0 Å². The molecule has 2 unspecified atom stereocenters. The summed E-state index contributed by atoms with van der Waals surface area (Å²) in [6.07, 6.45) is 8.45. The third kappa shape index (κ3) is 1.45. The minimum absolute atomic E-state index is 0.493. The van der Waals surface area contributed by atoms with Crippen LogP contribution in [-0.2, 0) is 0 Å². The molecule has 0 aliphatic heterocycles. The van der Waals surface area contributed by atoms with Gasteiger partial charge in [-0.25, -0.2) is 0 Å². The average molecular weight is 196 g/mol. The molecular formula is C15H16. The van der Waals surface area contributed by atoms with E-state index in [2.05, 4.69) is 56.3 Å². The lowest BCUT2D eigenvalue weighted by Crippen LogP contribution is -1.97. The van der Waals surface area contributed by atoms with Crippen LogP contribution < -0.4 is 0 Å². The van der Waals surface area contributed by atoms with Gasteiger partial charge in [-0.2, -0.15) is 0 Å². The minimum Gasteiger partial charge on any atom is -0.0774 e. The Morgan fingerprint density at radius 1 is 1.33 bits per heavy atom. The van der Waals surface area contributed by atoms with E-state index in [0.29, 0.717) is 5.41 Å². The van der Waals surface area contributed by atoms with Crippen molar-refractivity contribution in [3.05, 3.63) is 53.6 Å². The molecular weight excluding hydrogens is 180 g/mol. The predicted octanol–water partition coefficient (Wildman–Crippen LogP) is 3.97. The zero-order chi connectivity index (χ0) is 10.5. The third-order valence-corrected chi connectivity index (χ3v) is 3.72. The standard InChI is InChI=1S/C15H16/c1-11-4-3-5-12(8-11)13-6-7-15(2)10-14(15)9-13/h3-9,14H,10H2,1-2H3. The van der Waals surface area contributed by atoms with E-state index in [1.807, 2.05) is 0 Å². The van der Waals surface area contributed by atoms with Gasteiger partial charge in [0.25, 0.3) is 0 Å². The highest BCUT2D eigenvalue weighted by atomic mass is 14.5. The van der Waals surface area contributed by atoms with Crippen LogP contribution in [0.2, 0.25) is 0 Å². The van der Waals surface area contributed by atoms with Crippen LogP contribution in [0.3, 0.4) is 0 Å². The Labute approximate surface area is 91.3 Å². The molecule has 15 heavy (non-hydrogen) atoms. The van der Waals surface area contributed by atoms with E-state index in [1.54, 1.807) is 0 Å². The maximum absolute atomic E-state index is 2.44.